The van der Waals surface area contributed by atoms with Crippen molar-refractivity contribution in [3.8, 4) is 0 Å². The first kappa shape index (κ1) is 12.8. The molecule has 0 aliphatic carbocycles. The average Bonchev–Trinajstić information content (AvgIpc) is 2.95. The molecular formula is C12H23N3O2. The van der Waals surface area contributed by atoms with Gasteiger partial charge in [0, 0.05) is 25.2 Å². The fourth-order valence-corrected chi connectivity index (χ4v) is 2.36. The van der Waals surface area contributed by atoms with Crippen molar-refractivity contribution in [3.05, 3.63) is 0 Å². The van der Waals surface area contributed by atoms with E-state index in [0.717, 1.165) is 39.0 Å². The Morgan fingerprint density at radius 3 is 3.12 bits per heavy atom. The van der Waals surface area contributed by atoms with Crippen LogP contribution < -0.4 is 16.0 Å². The topological polar surface area (TPSA) is 62.4 Å². The highest BCUT2D eigenvalue weighted by atomic mass is 16.5. The maximum Gasteiger partial charge on any atom is 0.234 e. The monoisotopic (exact) mass is 241 g/mol. The van der Waals surface area contributed by atoms with Gasteiger partial charge in [-0.3, -0.25) is 4.79 Å². The maximum atomic E-state index is 11.6. The van der Waals surface area contributed by atoms with Crippen molar-refractivity contribution in [2.24, 2.45) is 0 Å². The predicted octanol–water partition coefficient (Wildman–Crippen LogP) is -0.377. The van der Waals surface area contributed by atoms with E-state index in [1.807, 2.05) is 0 Å². The molecule has 2 atom stereocenters. The van der Waals surface area contributed by atoms with Crippen LogP contribution in [-0.4, -0.2) is 50.3 Å². The Balaban J connectivity index is 1.60. The van der Waals surface area contributed by atoms with E-state index in [-0.39, 0.29) is 17.6 Å². The molecule has 98 valence electrons. The van der Waals surface area contributed by atoms with E-state index in [9.17, 15) is 4.79 Å². The van der Waals surface area contributed by atoms with E-state index in [0.29, 0.717) is 13.1 Å². The standard InChI is InChI=1S/C12H23N3O2/c1-12(4-5-13-9-12)15-8-11(16)14-7-10-3-2-6-17-10/h10,13,15H,2-9H2,1H3,(H,14,16). The highest BCUT2D eigenvalue weighted by molar-refractivity contribution is 5.78. The molecule has 17 heavy (non-hydrogen) atoms. The zero-order valence-electron chi connectivity index (χ0n) is 10.6. The fourth-order valence-electron chi connectivity index (χ4n) is 2.36. The summed E-state index contributed by atoms with van der Waals surface area (Å²) in [5.74, 6) is 0.0635. The fraction of sp³-hybridized carbons (Fsp3) is 0.917. The minimum absolute atomic E-state index is 0.0635. The summed E-state index contributed by atoms with van der Waals surface area (Å²) in [4.78, 5) is 11.6. The van der Waals surface area contributed by atoms with Gasteiger partial charge in [-0.15, -0.1) is 0 Å². The van der Waals surface area contributed by atoms with Crippen LogP contribution in [0.1, 0.15) is 26.2 Å². The summed E-state index contributed by atoms with van der Waals surface area (Å²) in [6.07, 6.45) is 3.48. The van der Waals surface area contributed by atoms with Gasteiger partial charge in [0.15, 0.2) is 0 Å². The van der Waals surface area contributed by atoms with Gasteiger partial charge in [-0.2, -0.15) is 0 Å². The molecule has 0 radical (unpaired) electrons. The molecule has 2 unspecified atom stereocenters. The van der Waals surface area contributed by atoms with Crippen molar-refractivity contribution < 1.29 is 9.53 Å². The van der Waals surface area contributed by atoms with E-state index in [4.69, 9.17) is 4.74 Å². The molecule has 5 heteroatoms. The number of ether oxygens (including phenoxy) is 1. The van der Waals surface area contributed by atoms with Crippen LogP contribution >= 0.6 is 0 Å². The average molecular weight is 241 g/mol. The van der Waals surface area contributed by atoms with Gasteiger partial charge in [0.1, 0.15) is 0 Å². The van der Waals surface area contributed by atoms with Gasteiger partial charge in [0.05, 0.1) is 12.6 Å². The smallest absolute Gasteiger partial charge is 0.234 e. The van der Waals surface area contributed by atoms with Crippen LogP contribution in [0.15, 0.2) is 0 Å². The molecular weight excluding hydrogens is 218 g/mol. The van der Waals surface area contributed by atoms with Crippen LogP contribution in [-0.2, 0) is 9.53 Å². The van der Waals surface area contributed by atoms with E-state index in [2.05, 4.69) is 22.9 Å². The Kier molecular flexibility index (Phi) is 4.36. The van der Waals surface area contributed by atoms with Crippen molar-refractivity contribution >= 4 is 5.91 Å². The second kappa shape index (κ2) is 5.80. The van der Waals surface area contributed by atoms with Crippen LogP contribution in [0.25, 0.3) is 0 Å². The Morgan fingerprint density at radius 1 is 1.59 bits per heavy atom. The number of hydrogen-bond donors (Lipinski definition) is 3. The molecule has 2 rings (SSSR count). The lowest BCUT2D eigenvalue weighted by atomic mass is 10.0. The highest BCUT2D eigenvalue weighted by Crippen LogP contribution is 2.12. The first-order valence-electron chi connectivity index (χ1n) is 6.52. The summed E-state index contributed by atoms with van der Waals surface area (Å²) in [5.41, 5.74) is 0.0706. The van der Waals surface area contributed by atoms with Crippen LogP contribution in [0.2, 0.25) is 0 Å². The van der Waals surface area contributed by atoms with Crippen molar-refractivity contribution in [3.63, 3.8) is 0 Å². The third-order valence-electron chi connectivity index (χ3n) is 3.60. The molecule has 0 aromatic carbocycles. The number of amides is 1. The second-order valence-corrected chi connectivity index (χ2v) is 5.28. The van der Waals surface area contributed by atoms with E-state index < -0.39 is 0 Å². The minimum Gasteiger partial charge on any atom is -0.376 e. The highest BCUT2D eigenvalue weighted by Gasteiger charge is 2.28. The molecule has 3 N–H and O–H groups in total. The summed E-state index contributed by atoms with van der Waals surface area (Å²) in [6.45, 7) is 6.00. The molecule has 0 bridgehead atoms. The van der Waals surface area contributed by atoms with Crippen molar-refractivity contribution in [2.75, 3.05) is 32.8 Å². The maximum absolute atomic E-state index is 11.6. The molecule has 1 amide bonds. The zero-order valence-corrected chi connectivity index (χ0v) is 10.6. The van der Waals surface area contributed by atoms with Gasteiger partial charge < -0.3 is 20.7 Å². The molecule has 2 heterocycles. The first-order valence-corrected chi connectivity index (χ1v) is 6.52. The largest absolute Gasteiger partial charge is 0.376 e. The lowest BCUT2D eigenvalue weighted by Gasteiger charge is -2.24. The Morgan fingerprint density at radius 2 is 2.47 bits per heavy atom. The van der Waals surface area contributed by atoms with Crippen LogP contribution in [0.3, 0.4) is 0 Å². The number of nitrogens with one attached hydrogen (secondary N) is 3. The Bertz CT molecular complexity index is 258. The summed E-state index contributed by atoms with van der Waals surface area (Å²) in [6, 6.07) is 0. The zero-order chi connectivity index (χ0) is 12.1. The SMILES string of the molecule is CC1(NCC(=O)NCC2CCCO2)CCNC1. The molecule has 2 saturated heterocycles. The van der Waals surface area contributed by atoms with Crippen molar-refractivity contribution in [1.82, 2.24) is 16.0 Å². The molecule has 0 saturated carbocycles. The molecule has 0 spiro atoms. The Labute approximate surface area is 103 Å². The van der Waals surface area contributed by atoms with Crippen molar-refractivity contribution in [2.45, 2.75) is 37.8 Å². The van der Waals surface area contributed by atoms with Gasteiger partial charge in [-0.1, -0.05) is 0 Å². The third kappa shape index (κ3) is 3.94. The third-order valence-corrected chi connectivity index (χ3v) is 3.60. The number of carbonyl (C=O) groups excluding carboxylic acids is 1. The van der Waals surface area contributed by atoms with Crippen LogP contribution in [0, 0.1) is 0 Å². The lowest BCUT2D eigenvalue weighted by Crippen LogP contribution is -2.49. The molecule has 2 aliphatic rings. The summed E-state index contributed by atoms with van der Waals surface area (Å²) in [7, 11) is 0. The first-order chi connectivity index (χ1) is 8.18. The van der Waals surface area contributed by atoms with Gasteiger partial charge >= 0.3 is 0 Å². The minimum atomic E-state index is 0.0635. The van der Waals surface area contributed by atoms with E-state index >= 15 is 0 Å². The summed E-state index contributed by atoms with van der Waals surface area (Å²) < 4.78 is 5.46. The molecule has 0 aromatic heterocycles. The molecule has 5 nitrogen and oxygen atoms in total. The second-order valence-electron chi connectivity index (χ2n) is 5.28. The van der Waals surface area contributed by atoms with Gasteiger partial charge in [0.25, 0.3) is 0 Å². The summed E-state index contributed by atoms with van der Waals surface area (Å²) in [5, 5.41) is 9.54. The lowest BCUT2D eigenvalue weighted by molar-refractivity contribution is -0.121. The quantitative estimate of drug-likeness (QED) is 0.614. The summed E-state index contributed by atoms with van der Waals surface area (Å²) >= 11 is 0. The van der Waals surface area contributed by atoms with Crippen molar-refractivity contribution in [1.29, 1.82) is 0 Å². The molecule has 2 aliphatic heterocycles. The predicted molar refractivity (Wildman–Crippen MR) is 65.9 cm³/mol. The van der Waals surface area contributed by atoms with Gasteiger partial charge in [0.2, 0.25) is 5.91 Å². The molecule has 2 fully saturated rings. The normalized spacial score (nSPS) is 32.9. The van der Waals surface area contributed by atoms with Crippen LogP contribution in [0.4, 0.5) is 0 Å². The van der Waals surface area contributed by atoms with Gasteiger partial charge in [-0.05, 0) is 32.7 Å². The number of hydrogen-bond acceptors (Lipinski definition) is 4. The van der Waals surface area contributed by atoms with Crippen LogP contribution in [0.5, 0.6) is 0 Å². The number of carbonyl (C=O) groups is 1. The van der Waals surface area contributed by atoms with Gasteiger partial charge in [-0.25, -0.2) is 0 Å². The van der Waals surface area contributed by atoms with E-state index in [1.165, 1.54) is 0 Å². The Hall–Kier alpha value is -0.650. The molecule has 0 aromatic rings. The number of rotatable bonds is 5. The van der Waals surface area contributed by atoms with E-state index in [1.54, 1.807) is 0 Å².